The number of amides is 1. The first-order chi connectivity index (χ1) is 19.9. The van der Waals surface area contributed by atoms with Gasteiger partial charge in [-0.25, -0.2) is 18.6 Å². The maximum atomic E-state index is 14.1. The molecule has 1 fully saturated rings. The Morgan fingerprint density at radius 2 is 1.85 bits per heavy atom. The molecule has 1 aromatic heterocycles. The van der Waals surface area contributed by atoms with Crippen LogP contribution in [0.3, 0.4) is 0 Å². The van der Waals surface area contributed by atoms with E-state index in [2.05, 4.69) is 26.2 Å². The van der Waals surface area contributed by atoms with Gasteiger partial charge < -0.3 is 9.64 Å². The third kappa shape index (κ3) is 6.86. The van der Waals surface area contributed by atoms with E-state index in [4.69, 9.17) is 10.00 Å². The summed E-state index contributed by atoms with van der Waals surface area (Å²) in [5, 5.41) is 11.8. The highest BCUT2D eigenvalue weighted by atomic mass is 19.2. The van der Waals surface area contributed by atoms with Gasteiger partial charge in [0.2, 0.25) is 0 Å². The predicted octanol–water partition coefficient (Wildman–Crippen LogP) is 6.53. The molecular weight excluding hydrogens is 524 g/mol. The summed E-state index contributed by atoms with van der Waals surface area (Å²) >= 11 is 0. The first-order valence-corrected chi connectivity index (χ1v) is 13.4. The summed E-state index contributed by atoms with van der Waals surface area (Å²) in [5.41, 5.74) is 4.27. The molecule has 0 unspecified atom stereocenters. The Bertz CT molecular complexity index is 1570. The van der Waals surface area contributed by atoms with E-state index in [0.29, 0.717) is 42.2 Å². The van der Waals surface area contributed by atoms with Crippen molar-refractivity contribution >= 4 is 17.6 Å². The fraction of sp³-hybridized carbons (Fsp3) is 0.219. The normalized spacial score (nSPS) is 13.8. The first kappa shape index (κ1) is 27.7. The molecule has 0 radical (unpaired) electrons. The van der Waals surface area contributed by atoms with Gasteiger partial charge in [-0.05, 0) is 72.5 Å². The number of hydrogen-bond acceptors (Lipinski definition) is 6. The molecule has 41 heavy (non-hydrogen) atoms. The zero-order valence-electron chi connectivity index (χ0n) is 22.6. The van der Waals surface area contributed by atoms with E-state index in [9.17, 15) is 13.6 Å². The van der Waals surface area contributed by atoms with Gasteiger partial charge >= 0.3 is 6.09 Å². The molecule has 2 heterocycles. The molecule has 1 aliphatic heterocycles. The van der Waals surface area contributed by atoms with Crippen LogP contribution in [0.2, 0.25) is 0 Å². The van der Waals surface area contributed by atoms with Crippen LogP contribution in [0.5, 0.6) is 5.75 Å². The summed E-state index contributed by atoms with van der Waals surface area (Å²) in [6.07, 6.45) is 1.80. The van der Waals surface area contributed by atoms with E-state index in [1.807, 2.05) is 31.2 Å². The highest BCUT2D eigenvalue weighted by Gasteiger charge is 2.18. The SMILES string of the molecule is Cc1ccc(OC(=O)Nc2ccc(N3CCCN(Cc4cccc(F)c4F)CC3)nc2)cc1-c1ccc(C#N)cc1. The Labute approximate surface area is 237 Å². The van der Waals surface area contributed by atoms with Crippen LogP contribution in [0.1, 0.15) is 23.1 Å². The summed E-state index contributed by atoms with van der Waals surface area (Å²) < 4.78 is 33.2. The molecule has 1 aliphatic rings. The molecule has 3 aromatic carbocycles. The summed E-state index contributed by atoms with van der Waals surface area (Å²) in [6.45, 7) is 5.24. The second-order valence-electron chi connectivity index (χ2n) is 9.92. The van der Waals surface area contributed by atoms with Gasteiger partial charge in [0.25, 0.3) is 0 Å². The number of carbonyl (C=O) groups is 1. The molecule has 4 aromatic rings. The zero-order chi connectivity index (χ0) is 28.8. The van der Waals surface area contributed by atoms with Gasteiger partial charge in [0.05, 0.1) is 23.5 Å². The average molecular weight is 554 g/mol. The van der Waals surface area contributed by atoms with Gasteiger partial charge in [0.15, 0.2) is 11.6 Å². The Hall–Kier alpha value is -4.81. The number of rotatable bonds is 6. The number of hydrogen-bond donors (Lipinski definition) is 1. The van der Waals surface area contributed by atoms with Crippen molar-refractivity contribution in [2.24, 2.45) is 0 Å². The number of pyridine rings is 1. The number of aryl methyl sites for hydroxylation is 1. The van der Waals surface area contributed by atoms with Crippen LogP contribution in [-0.2, 0) is 6.54 Å². The van der Waals surface area contributed by atoms with Crippen molar-refractivity contribution in [3.63, 3.8) is 0 Å². The summed E-state index contributed by atoms with van der Waals surface area (Å²) in [6, 6.07) is 22.6. The van der Waals surface area contributed by atoms with E-state index in [-0.39, 0.29) is 0 Å². The highest BCUT2D eigenvalue weighted by Crippen LogP contribution is 2.28. The fourth-order valence-electron chi connectivity index (χ4n) is 4.87. The molecule has 7 nitrogen and oxygen atoms in total. The summed E-state index contributed by atoms with van der Waals surface area (Å²) in [7, 11) is 0. The molecule has 0 aliphatic carbocycles. The van der Waals surface area contributed by atoms with Crippen LogP contribution in [0, 0.1) is 29.9 Å². The van der Waals surface area contributed by atoms with Crippen LogP contribution in [0.4, 0.5) is 25.1 Å². The third-order valence-corrected chi connectivity index (χ3v) is 7.08. The van der Waals surface area contributed by atoms with Crippen molar-refractivity contribution in [3.05, 3.63) is 107 Å². The minimum absolute atomic E-state index is 0.353. The largest absolute Gasteiger partial charge is 0.417 e. The first-order valence-electron chi connectivity index (χ1n) is 13.4. The molecule has 1 N–H and O–H groups in total. The maximum absolute atomic E-state index is 14.1. The monoisotopic (exact) mass is 553 g/mol. The van der Waals surface area contributed by atoms with Gasteiger partial charge in [0.1, 0.15) is 11.6 Å². The number of carbonyl (C=O) groups excluding carboxylic acids is 1. The molecule has 208 valence electrons. The minimum atomic E-state index is -0.826. The van der Waals surface area contributed by atoms with Crippen LogP contribution < -0.4 is 15.0 Å². The van der Waals surface area contributed by atoms with Crippen LogP contribution in [0.25, 0.3) is 11.1 Å². The van der Waals surface area contributed by atoms with Gasteiger partial charge in [-0.15, -0.1) is 0 Å². The molecule has 9 heteroatoms. The molecule has 0 spiro atoms. The summed E-state index contributed by atoms with van der Waals surface area (Å²) in [5.74, 6) is -0.448. The molecule has 1 amide bonds. The number of nitriles is 1. The van der Waals surface area contributed by atoms with Gasteiger partial charge in [0, 0.05) is 38.3 Å². The highest BCUT2D eigenvalue weighted by molar-refractivity contribution is 5.86. The zero-order valence-corrected chi connectivity index (χ0v) is 22.6. The van der Waals surface area contributed by atoms with E-state index in [1.165, 1.54) is 6.07 Å². The van der Waals surface area contributed by atoms with Gasteiger partial charge in [-0.1, -0.05) is 30.3 Å². The molecule has 5 rings (SSSR count). The van der Waals surface area contributed by atoms with Crippen molar-refractivity contribution in [2.45, 2.75) is 19.9 Å². The average Bonchev–Trinajstić information content (AvgIpc) is 3.22. The van der Waals surface area contributed by atoms with E-state index in [0.717, 1.165) is 48.1 Å². The van der Waals surface area contributed by atoms with Crippen molar-refractivity contribution in [1.82, 2.24) is 9.88 Å². The molecule has 0 saturated carbocycles. The number of aromatic nitrogens is 1. The number of ether oxygens (including phenoxy) is 1. The predicted molar refractivity (Wildman–Crippen MR) is 154 cm³/mol. The van der Waals surface area contributed by atoms with Crippen molar-refractivity contribution < 1.29 is 18.3 Å². The lowest BCUT2D eigenvalue weighted by Gasteiger charge is -2.23. The Kier molecular flexibility index (Phi) is 8.51. The Morgan fingerprint density at radius 3 is 2.61 bits per heavy atom. The van der Waals surface area contributed by atoms with E-state index in [1.54, 1.807) is 42.6 Å². The Balaban J connectivity index is 1.16. The van der Waals surface area contributed by atoms with Gasteiger partial charge in [-0.3, -0.25) is 10.2 Å². The standard InChI is InChI=1S/C32H29F2N5O2/c1-22-6-12-27(18-28(22)24-9-7-23(19-35)8-10-24)41-32(40)37-26-11-13-30(36-20-26)39-15-3-14-38(16-17-39)21-25-4-2-5-29(33)31(25)34/h2,4-13,18,20H,3,14-17,21H2,1H3,(H,37,40). The molecule has 1 saturated heterocycles. The lowest BCUT2D eigenvalue weighted by molar-refractivity contribution is 0.215. The second-order valence-corrected chi connectivity index (χ2v) is 9.92. The smallest absolute Gasteiger partial charge is 0.410 e. The van der Waals surface area contributed by atoms with Gasteiger partial charge in [-0.2, -0.15) is 5.26 Å². The number of nitrogens with one attached hydrogen (secondary N) is 1. The van der Waals surface area contributed by atoms with Crippen molar-refractivity contribution in [3.8, 4) is 22.9 Å². The molecule has 0 atom stereocenters. The van der Waals surface area contributed by atoms with E-state index < -0.39 is 17.7 Å². The lowest BCUT2D eigenvalue weighted by Crippen LogP contribution is -2.31. The second kappa shape index (κ2) is 12.6. The summed E-state index contributed by atoms with van der Waals surface area (Å²) in [4.78, 5) is 21.4. The van der Waals surface area contributed by atoms with Crippen LogP contribution in [-0.4, -0.2) is 42.2 Å². The molecule has 0 bridgehead atoms. The number of nitrogens with zero attached hydrogens (tertiary/aromatic N) is 4. The van der Waals surface area contributed by atoms with Crippen molar-refractivity contribution in [1.29, 1.82) is 5.26 Å². The Morgan fingerprint density at radius 1 is 1.02 bits per heavy atom. The quantitative estimate of drug-likeness (QED) is 0.292. The lowest BCUT2D eigenvalue weighted by atomic mass is 9.99. The number of halogens is 2. The number of benzene rings is 3. The minimum Gasteiger partial charge on any atom is -0.410 e. The van der Waals surface area contributed by atoms with Crippen molar-refractivity contribution in [2.75, 3.05) is 36.4 Å². The van der Waals surface area contributed by atoms with E-state index >= 15 is 0 Å². The third-order valence-electron chi connectivity index (χ3n) is 7.08. The fourth-order valence-corrected chi connectivity index (χ4v) is 4.87. The topological polar surface area (TPSA) is 81.5 Å². The molecular formula is C32H29F2N5O2. The van der Waals surface area contributed by atoms with Crippen LogP contribution >= 0.6 is 0 Å². The number of anilines is 2. The maximum Gasteiger partial charge on any atom is 0.417 e. The van der Waals surface area contributed by atoms with Crippen LogP contribution in [0.15, 0.2) is 79.0 Å².